The molecule has 4 rings (SSSR count). The standard InChI is InChI=1S/C28H27N3O4/c1-20(32)30(2)18-22-13-15-23(16-14-22)25(33)19-31-26(34)28(29-27(31)35,24-11-7-4-8-12-24)17-21-9-5-3-6-10-21/h3-16H,17-19H2,1-2H3,(H,29,35)/t28-/m1/s1. The number of carbonyl (C=O) groups excluding carboxylic acids is 4. The number of ketones is 1. The van der Waals surface area contributed by atoms with Crippen molar-refractivity contribution in [1.29, 1.82) is 0 Å². The number of nitrogens with one attached hydrogen (secondary N) is 1. The van der Waals surface area contributed by atoms with Gasteiger partial charge in [0.15, 0.2) is 11.3 Å². The lowest BCUT2D eigenvalue weighted by molar-refractivity contribution is -0.131. The highest BCUT2D eigenvalue weighted by Gasteiger charge is 2.52. The molecule has 1 heterocycles. The Morgan fingerprint density at radius 2 is 1.46 bits per heavy atom. The van der Waals surface area contributed by atoms with Crippen LogP contribution < -0.4 is 5.32 Å². The zero-order valence-electron chi connectivity index (χ0n) is 19.7. The molecule has 0 saturated carbocycles. The molecule has 3 aromatic rings. The van der Waals surface area contributed by atoms with Gasteiger partial charge in [0.05, 0.1) is 6.54 Å². The molecular weight excluding hydrogens is 442 g/mol. The molecule has 0 bridgehead atoms. The van der Waals surface area contributed by atoms with Crippen LogP contribution in [0.15, 0.2) is 84.9 Å². The van der Waals surface area contributed by atoms with Crippen LogP contribution in [-0.4, -0.2) is 47.0 Å². The topological polar surface area (TPSA) is 86.8 Å². The van der Waals surface area contributed by atoms with Gasteiger partial charge >= 0.3 is 6.03 Å². The summed E-state index contributed by atoms with van der Waals surface area (Å²) in [4.78, 5) is 53.7. The molecule has 35 heavy (non-hydrogen) atoms. The molecule has 1 N–H and O–H groups in total. The minimum Gasteiger partial charge on any atom is -0.342 e. The number of Topliss-reactive ketones (excluding diaryl/α,β-unsaturated/α-hetero) is 1. The number of imide groups is 1. The average Bonchev–Trinajstić information content (AvgIpc) is 3.10. The molecule has 7 heteroatoms. The van der Waals surface area contributed by atoms with E-state index in [1.54, 1.807) is 36.2 Å². The maximum Gasteiger partial charge on any atom is 0.325 e. The minimum atomic E-state index is -1.29. The molecule has 0 aromatic heterocycles. The molecular formula is C28H27N3O4. The predicted octanol–water partition coefficient (Wildman–Crippen LogP) is 3.54. The smallest absolute Gasteiger partial charge is 0.325 e. The van der Waals surface area contributed by atoms with Gasteiger partial charge in [-0.1, -0.05) is 84.9 Å². The molecule has 0 unspecified atom stereocenters. The van der Waals surface area contributed by atoms with Crippen molar-refractivity contribution in [1.82, 2.24) is 15.1 Å². The lowest BCUT2D eigenvalue weighted by atomic mass is 9.83. The molecule has 1 aliphatic heterocycles. The minimum absolute atomic E-state index is 0.0545. The number of amides is 4. The third kappa shape index (κ3) is 4.99. The molecule has 3 aromatic carbocycles. The Labute approximate surface area is 204 Å². The highest BCUT2D eigenvalue weighted by molar-refractivity contribution is 6.11. The van der Waals surface area contributed by atoms with Crippen LogP contribution in [0.5, 0.6) is 0 Å². The molecule has 1 aliphatic rings. The SMILES string of the molecule is CC(=O)N(C)Cc1ccc(C(=O)CN2C(=O)N[C@](Cc3ccccc3)(c3ccccc3)C2=O)cc1. The number of urea groups is 1. The predicted molar refractivity (Wildman–Crippen MR) is 131 cm³/mol. The van der Waals surface area contributed by atoms with E-state index in [0.717, 1.165) is 16.0 Å². The van der Waals surface area contributed by atoms with Crippen LogP contribution in [0.3, 0.4) is 0 Å². The summed E-state index contributed by atoms with van der Waals surface area (Å²) in [7, 11) is 1.70. The number of hydrogen-bond donors (Lipinski definition) is 1. The second kappa shape index (κ2) is 9.93. The van der Waals surface area contributed by atoms with Gasteiger partial charge in [0.25, 0.3) is 5.91 Å². The van der Waals surface area contributed by atoms with Crippen LogP contribution in [0, 0.1) is 0 Å². The Morgan fingerprint density at radius 3 is 2.06 bits per heavy atom. The van der Waals surface area contributed by atoms with E-state index in [-0.39, 0.29) is 24.7 Å². The van der Waals surface area contributed by atoms with Crippen molar-refractivity contribution in [2.24, 2.45) is 0 Å². The molecule has 1 atom stereocenters. The van der Waals surface area contributed by atoms with Gasteiger partial charge in [0, 0.05) is 32.5 Å². The van der Waals surface area contributed by atoms with E-state index in [9.17, 15) is 19.2 Å². The maximum atomic E-state index is 13.7. The Balaban J connectivity index is 1.56. The first-order chi connectivity index (χ1) is 16.8. The van der Waals surface area contributed by atoms with Gasteiger partial charge in [-0.2, -0.15) is 0 Å². The first-order valence-corrected chi connectivity index (χ1v) is 11.4. The van der Waals surface area contributed by atoms with Gasteiger partial charge in [0.1, 0.15) is 0 Å². The molecule has 0 radical (unpaired) electrons. The van der Waals surface area contributed by atoms with Crippen molar-refractivity contribution in [3.05, 3.63) is 107 Å². The second-order valence-electron chi connectivity index (χ2n) is 8.75. The summed E-state index contributed by atoms with van der Waals surface area (Å²) in [5.41, 5.74) is 1.53. The highest BCUT2D eigenvalue weighted by Crippen LogP contribution is 2.33. The summed E-state index contributed by atoms with van der Waals surface area (Å²) in [6.45, 7) is 1.56. The van der Waals surface area contributed by atoms with Crippen LogP contribution in [0.1, 0.15) is 34.0 Å². The fraction of sp³-hybridized carbons (Fsp3) is 0.214. The molecule has 4 amide bonds. The summed E-state index contributed by atoms with van der Waals surface area (Å²) in [6.07, 6.45) is 0.269. The molecule has 0 aliphatic carbocycles. The molecule has 7 nitrogen and oxygen atoms in total. The van der Waals surface area contributed by atoms with Crippen molar-refractivity contribution >= 4 is 23.6 Å². The fourth-order valence-electron chi connectivity index (χ4n) is 4.23. The van der Waals surface area contributed by atoms with Crippen LogP contribution in [0.25, 0.3) is 0 Å². The van der Waals surface area contributed by atoms with Crippen LogP contribution in [0.2, 0.25) is 0 Å². The monoisotopic (exact) mass is 469 g/mol. The van der Waals surface area contributed by atoms with Crippen LogP contribution in [0.4, 0.5) is 4.79 Å². The summed E-state index contributed by atoms with van der Waals surface area (Å²) < 4.78 is 0. The van der Waals surface area contributed by atoms with Gasteiger partial charge in [-0.3, -0.25) is 19.3 Å². The zero-order valence-corrected chi connectivity index (χ0v) is 19.7. The van der Waals surface area contributed by atoms with E-state index in [4.69, 9.17) is 0 Å². The second-order valence-corrected chi connectivity index (χ2v) is 8.75. The third-order valence-electron chi connectivity index (χ3n) is 6.29. The number of benzene rings is 3. The Morgan fingerprint density at radius 1 is 0.857 bits per heavy atom. The van der Waals surface area contributed by atoms with Crippen molar-refractivity contribution in [3.63, 3.8) is 0 Å². The first-order valence-electron chi connectivity index (χ1n) is 11.4. The van der Waals surface area contributed by atoms with E-state index < -0.39 is 17.5 Å². The fourth-order valence-corrected chi connectivity index (χ4v) is 4.23. The summed E-state index contributed by atoms with van der Waals surface area (Å²) in [5, 5.41) is 2.88. The Kier molecular flexibility index (Phi) is 6.78. The van der Waals surface area contributed by atoms with E-state index in [1.807, 2.05) is 60.7 Å². The molecule has 178 valence electrons. The van der Waals surface area contributed by atoms with Gasteiger partial charge < -0.3 is 10.2 Å². The van der Waals surface area contributed by atoms with E-state index in [1.165, 1.54) is 6.92 Å². The van der Waals surface area contributed by atoms with Crippen molar-refractivity contribution < 1.29 is 19.2 Å². The van der Waals surface area contributed by atoms with E-state index in [0.29, 0.717) is 17.7 Å². The van der Waals surface area contributed by atoms with Crippen molar-refractivity contribution in [2.75, 3.05) is 13.6 Å². The third-order valence-corrected chi connectivity index (χ3v) is 6.29. The normalized spacial score (nSPS) is 17.3. The summed E-state index contributed by atoms with van der Waals surface area (Å²) in [6, 6.07) is 24.8. The number of nitrogens with zero attached hydrogens (tertiary/aromatic N) is 2. The number of rotatable bonds is 8. The van der Waals surface area contributed by atoms with Gasteiger partial charge in [-0.25, -0.2) is 4.79 Å². The lowest BCUT2D eigenvalue weighted by Crippen LogP contribution is -2.46. The van der Waals surface area contributed by atoms with Gasteiger partial charge in [-0.15, -0.1) is 0 Å². The van der Waals surface area contributed by atoms with E-state index in [2.05, 4.69) is 5.32 Å². The maximum absolute atomic E-state index is 13.7. The molecule has 1 saturated heterocycles. The summed E-state index contributed by atoms with van der Waals surface area (Å²) >= 11 is 0. The van der Waals surface area contributed by atoms with Gasteiger partial charge in [0.2, 0.25) is 5.91 Å². The summed E-state index contributed by atoms with van der Waals surface area (Å²) in [5.74, 6) is -0.852. The Hall–Kier alpha value is -4.26. The number of carbonyl (C=O) groups is 4. The van der Waals surface area contributed by atoms with E-state index >= 15 is 0 Å². The largest absolute Gasteiger partial charge is 0.342 e. The zero-order chi connectivity index (χ0) is 25.0. The highest BCUT2D eigenvalue weighted by atomic mass is 16.2. The van der Waals surface area contributed by atoms with Crippen LogP contribution >= 0.6 is 0 Å². The molecule has 0 spiro atoms. The van der Waals surface area contributed by atoms with Crippen LogP contribution in [-0.2, 0) is 28.1 Å². The number of hydrogen-bond acceptors (Lipinski definition) is 4. The van der Waals surface area contributed by atoms with Gasteiger partial charge in [-0.05, 0) is 16.7 Å². The molecule has 1 fully saturated rings. The van der Waals surface area contributed by atoms with Crippen molar-refractivity contribution in [3.8, 4) is 0 Å². The average molecular weight is 470 g/mol. The van der Waals surface area contributed by atoms with Crippen molar-refractivity contribution in [2.45, 2.75) is 25.4 Å². The Bertz CT molecular complexity index is 1240. The quantitative estimate of drug-likeness (QED) is 0.404. The lowest BCUT2D eigenvalue weighted by Gasteiger charge is -2.27. The first kappa shape index (κ1) is 23.9.